The van der Waals surface area contributed by atoms with E-state index in [9.17, 15) is 4.79 Å². The van der Waals surface area contributed by atoms with E-state index in [-0.39, 0.29) is 11.7 Å². The normalized spacial score (nSPS) is 10.8. The highest BCUT2D eigenvalue weighted by Gasteiger charge is 2.08. The number of hydrogen-bond donors (Lipinski definition) is 2. The summed E-state index contributed by atoms with van der Waals surface area (Å²) >= 11 is 7.31. The van der Waals surface area contributed by atoms with E-state index >= 15 is 0 Å². The number of rotatable bonds is 6. The van der Waals surface area contributed by atoms with Crippen molar-refractivity contribution in [1.29, 1.82) is 0 Å². The summed E-state index contributed by atoms with van der Waals surface area (Å²) in [5, 5.41) is 4.18. The molecule has 0 fully saturated rings. The van der Waals surface area contributed by atoms with E-state index in [0.717, 1.165) is 16.7 Å². The Morgan fingerprint density at radius 3 is 2.69 bits per heavy atom. The molecule has 0 bridgehead atoms. The molecule has 0 atom stereocenters. The summed E-state index contributed by atoms with van der Waals surface area (Å²) in [5.74, 6) is 1.45. The first-order valence-electron chi connectivity index (χ1n) is 8.84. The second-order valence-corrected chi connectivity index (χ2v) is 7.70. The van der Waals surface area contributed by atoms with Gasteiger partial charge in [0.1, 0.15) is 11.5 Å². The number of anilines is 1. The van der Waals surface area contributed by atoms with Crippen molar-refractivity contribution >= 4 is 46.0 Å². The van der Waals surface area contributed by atoms with Gasteiger partial charge in [0, 0.05) is 16.4 Å². The molecule has 0 radical (unpaired) electrons. The molecule has 0 saturated carbocycles. The van der Waals surface area contributed by atoms with Gasteiger partial charge in [-0.2, -0.15) is 0 Å². The van der Waals surface area contributed by atoms with Gasteiger partial charge in [0.2, 0.25) is 5.91 Å². The highest BCUT2D eigenvalue weighted by Crippen LogP contribution is 2.24. The summed E-state index contributed by atoms with van der Waals surface area (Å²) in [6.07, 6.45) is 1.67. The number of carbonyl (C=O) groups excluding carboxylic acids is 1. The molecular weight excluding hydrogens is 408 g/mol. The third-order valence-electron chi connectivity index (χ3n) is 4.02. The van der Waals surface area contributed by atoms with Crippen molar-refractivity contribution in [3.05, 3.63) is 71.5 Å². The van der Waals surface area contributed by atoms with Gasteiger partial charge in [0.15, 0.2) is 5.16 Å². The minimum Gasteiger partial charge on any atom is -0.456 e. The fraction of sp³-hybridized carbons (Fsp3) is 0.0952. The Hall–Kier alpha value is -3.03. The average molecular weight is 425 g/mol. The number of thioether (sulfide) groups is 1. The monoisotopic (exact) mass is 424 g/mol. The van der Waals surface area contributed by atoms with E-state index in [4.69, 9.17) is 16.3 Å². The minimum absolute atomic E-state index is 0.120. The van der Waals surface area contributed by atoms with Crippen molar-refractivity contribution < 1.29 is 9.53 Å². The fourth-order valence-corrected chi connectivity index (χ4v) is 3.47. The minimum atomic E-state index is -0.120. The highest BCUT2D eigenvalue weighted by molar-refractivity contribution is 7.99. The summed E-state index contributed by atoms with van der Waals surface area (Å²) < 4.78 is 5.73. The standard InChI is InChI=1S/C21H17ClN4O2S/c1-13-2-6-17(11-23-13)28-16-7-4-15(5-8-16)24-20(27)12-29-21-25-18-9-3-14(22)10-19(18)26-21/h2-11H,12H2,1H3,(H,24,27)(H,25,26). The van der Waals surface area contributed by atoms with E-state index in [1.807, 2.05) is 31.2 Å². The first kappa shape index (κ1) is 19.3. The van der Waals surface area contributed by atoms with Crippen LogP contribution in [0.15, 0.2) is 66.0 Å². The first-order valence-corrected chi connectivity index (χ1v) is 10.2. The fourth-order valence-electron chi connectivity index (χ4n) is 2.61. The number of H-pyrrole nitrogens is 1. The Bertz CT molecular complexity index is 1140. The highest BCUT2D eigenvalue weighted by atomic mass is 35.5. The Balaban J connectivity index is 1.31. The molecule has 2 aromatic carbocycles. The number of fused-ring (bicyclic) bond motifs is 1. The molecule has 1 amide bonds. The molecule has 2 N–H and O–H groups in total. The van der Waals surface area contributed by atoms with E-state index in [1.165, 1.54) is 11.8 Å². The number of carbonyl (C=O) groups is 1. The smallest absolute Gasteiger partial charge is 0.234 e. The molecule has 0 unspecified atom stereocenters. The maximum atomic E-state index is 12.2. The first-order chi connectivity index (χ1) is 14.0. The number of aryl methyl sites for hydroxylation is 1. The van der Waals surface area contributed by atoms with Crippen LogP contribution in [0, 0.1) is 6.92 Å². The van der Waals surface area contributed by atoms with Crippen LogP contribution in [0.2, 0.25) is 5.02 Å². The average Bonchev–Trinajstić information content (AvgIpc) is 3.12. The van der Waals surface area contributed by atoms with Gasteiger partial charge in [0.25, 0.3) is 0 Å². The third-order valence-corrected chi connectivity index (χ3v) is 5.13. The van der Waals surface area contributed by atoms with Crippen molar-refractivity contribution in [2.75, 3.05) is 11.1 Å². The number of imidazole rings is 1. The Kier molecular flexibility index (Phi) is 5.69. The third kappa shape index (κ3) is 5.07. The summed E-state index contributed by atoms with van der Waals surface area (Å²) in [4.78, 5) is 24.0. The van der Waals surface area contributed by atoms with Crippen molar-refractivity contribution in [3.8, 4) is 11.5 Å². The van der Waals surface area contributed by atoms with Crippen LogP contribution in [0.1, 0.15) is 5.69 Å². The summed E-state index contributed by atoms with van der Waals surface area (Å²) in [7, 11) is 0. The van der Waals surface area contributed by atoms with Crippen LogP contribution in [0.3, 0.4) is 0 Å². The number of amides is 1. The second kappa shape index (κ2) is 8.55. The number of pyridine rings is 1. The van der Waals surface area contributed by atoms with Crippen LogP contribution >= 0.6 is 23.4 Å². The van der Waals surface area contributed by atoms with Crippen molar-refractivity contribution in [2.45, 2.75) is 12.1 Å². The van der Waals surface area contributed by atoms with Crippen LogP contribution in [-0.4, -0.2) is 26.6 Å². The lowest BCUT2D eigenvalue weighted by molar-refractivity contribution is -0.113. The topological polar surface area (TPSA) is 79.9 Å². The van der Waals surface area contributed by atoms with Crippen molar-refractivity contribution in [2.24, 2.45) is 0 Å². The van der Waals surface area contributed by atoms with Crippen LogP contribution < -0.4 is 10.1 Å². The molecule has 0 aliphatic rings. The predicted octanol–water partition coefficient (Wildman–Crippen LogP) is 5.44. The Morgan fingerprint density at radius 1 is 1.14 bits per heavy atom. The van der Waals surface area contributed by atoms with E-state index in [2.05, 4.69) is 20.3 Å². The van der Waals surface area contributed by atoms with Crippen LogP contribution in [-0.2, 0) is 4.79 Å². The molecule has 29 heavy (non-hydrogen) atoms. The molecule has 6 nitrogen and oxygen atoms in total. The molecule has 146 valence electrons. The van der Waals surface area contributed by atoms with Gasteiger partial charge in [-0.3, -0.25) is 9.78 Å². The quantitative estimate of drug-likeness (QED) is 0.403. The lowest BCUT2D eigenvalue weighted by Gasteiger charge is -2.08. The predicted molar refractivity (Wildman–Crippen MR) is 116 cm³/mol. The zero-order valence-electron chi connectivity index (χ0n) is 15.5. The number of aromatic amines is 1. The van der Waals surface area contributed by atoms with Gasteiger partial charge in [-0.15, -0.1) is 0 Å². The molecule has 0 spiro atoms. The van der Waals surface area contributed by atoms with Gasteiger partial charge >= 0.3 is 0 Å². The van der Waals surface area contributed by atoms with Gasteiger partial charge in [-0.1, -0.05) is 23.4 Å². The number of benzene rings is 2. The number of ether oxygens (including phenoxy) is 1. The van der Waals surface area contributed by atoms with Crippen molar-refractivity contribution in [3.63, 3.8) is 0 Å². The summed E-state index contributed by atoms with van der Waals surface area (Å²) in [6, 6.07) is 16.4. The van der Waals surface area contributed by atoms with E-state index < -0.39 is 0 Å². The van der Waals surface area contributed by atoms with E-state index in [1.54, 1.807) is 36.5 Å². The molecule has 2 aromatic heterocycles. The van der Waals surface area contributed by atoms with Crippen LogP contribution in [0.25, 0.3) is 11.0 Å². The second-order valence-electron chi connectivity index (χ2n) is 6.30. The molecular formula is C21H17ClN4O2S. The number of hydrogen-bond acceptors (Lipinski definition) is 5. The molecule has 0 saturated heterocycles. The lowest BCUT2D eigenvalue weighted by atomic mass is 10.3. The molecule has 0 aliphatic carbocycles. The van der Waals surface area contributed by atoms with Crippen LogP contribution in [0.4, 0.5) is 5.69 Å². The molecule has 2 heterocycles. The van der Waals surface area contributed by atoms with Gasteiger partial charge in [-0.25, -0.2) is 4.98 Å². The van der Waals surface area contributed by atoms with E-state index in [0.29, 0.717) is 27.4 Å². The van der Waals surface area contributed by atoms with Crippen LogP contribution in [0.5, 0.6) is 11.5 Å². The maximum Gasteiger partial charge on any atom is 0.234 e. The molecule has 4 rings (SSSR count). The number of aromatic nitrogens is 3. The summed E-state index contributed by atoms with van der Waals surface area (Å²) in [5.41, 5.74) is 3.29. The van der Waals surface area contributed by atoms with Crippen molar-refractivity contribution in [1.82, 2.24) is 15.0 Å². The zero-order valence-corrected chi connectivity index (χ0v) is 17.1. The zero-order chi connectivity index (χ0) is 20.2. The largest absolute Gasteiger partial charge is 0.456 e. The van der Waals surface area contributed by atoms with Gasteiger partial charge in [0.05, 0.1) is 23.0 Å². The molecule has 0 aliphatic heterocycles. The molecule has 4 aromatic rings. The SMILES string of the molecule is Cc1ccc(Oc2ccc(NC(=O)CSc3nc4ccc(Cl)cc4[nH]3)cc2)cn1. The molecule has 8 heteroatoms. The number of nitrogens with one attached hydrogen (secondary N) is 2. The Labute approximate surface area is 176 Å². The van der Waals surface area contributed by atoms with Gasteiger partial charge < -0.3 is 15.0 Å². The maximum absolute atomic E-state index is 12.2. The summed E-state index contributed by atoms with van der Waals surface area (Å²) in [6.45, 7) is 1.92. The Morgan fingerprint density at radius 2 is 1.93 bits per heavy atom. The number of halogens is 1. The lowest BCUT2D eigenvalue weighted by Crippen LogP contribution is -2.13. The number of nitrogens with zero attached hydrogens (tertiary/aromatic N) is 2. The van der Waals surface area contributed by atoms with Gasteiger partial charge in [-0.05, 0) is 61.5 Å².